The van der Waals surface area contributed by atoms with Crippen LogP contribution in [-0.4, -0.2) is 11.1 Å². The molecule has 2 rings (SSSR count). The van der Waals surface area contributed by atoms with Crippen molar-refractivity contribution in [1.29, 1.82) is 0 Å². The average molecular weight is 241 g/mol. The van der Waals surface area contributed by atoms with Crippen LogP contribution in [0.5, 0.6) is 5.75 Å². The van der Waals surface area contributed by atoms with E-state index in [-0.39, 0.29) is 6.04 Å². The zero-order chi connectivity index (χ0) is 13.0. The van der Waals surface area contributed by atoms with Gasteiger partial charge in [-0.25, -0.2) is 0 Å². The number of aryl methyl sites for hydroxylation is 1. The molecule has 2 aromatic rings. The van der Waals surface area contributed by atoms with Crippen molar-refractivity contribution in [2.45, 2.75) is 25.8 Å². The Morgan fingerprint density at radius 2 is 1.44 bits per heavy atom. The summed E-state index contributed by atoms with van der Waals surface area (Å²) in [6, 6.07) is 16.0. The molecule has 0 aliphatic rings. The second-order valence-electron chi connectivity index (χ2n) is 4.76. The molecule has 0 bridgehead atoms. The van der Waals surface area contributed by atoms with E-state index >= 15 is 0 Å². The van der Waals surface area contributed by atoms with Gasteiger partial charge in [0.1, 0.15) is 5.75 Å². The largest absolute Gasteiger partial charge is 0.508 e. The average Bonchev–Trinajstić information content (AvgIpc) is 2.38. The fraction of sp³-hybridized carbons (Fsp3) is 0.250. The number of phenols is 1. The lowest BCUT2D eigenvalue weighted by atomic mass is 10.0. The van der Waals surface area contributed by atoms with E-state index in [0.29, 0.717) is 5.75 Å². The van der Waals surface area contributed by atoms with E-state index in [1.165, 1.54) is 11.1 Å². The van der Waals surface area contributed by atoms with Gasteiger partial charge in [-0.1, -0.05) is 36.4 Å². The van der Waals surface area contributed by atoms with Crippen molar-refractivity contribution in [2.24, 2.45) is 5.73 Å². The number of hydrogen-bond donors (Lipinski definition) is 2. The predicted octanol–water partition coefficient (Wildman–Crippen LogP) is 3.34. The summed E-state index contributed by atoms with van der Waals surface area (Å²) in [5.74, 6) is 0.298. The summed E-state index contributed by atoms with van der Waals surface area (Å²) in [7, 11) is 0. The third-order valence-corrected chi connectivity index (χ3v) is 3.04. The molecule has 0 aliphatic heterocycles. The highest BCUT2D eigenvalue weighted by Crippen LogP contribution is 2.22. The van der Waals surface area contributed by atoms with Gasteiger partial charge in [0.15, 0.2) is 0 Å². The Kier molecular flexibility index (Phi) is 4.00. The molecule has 0 fully saturated rings. The van der Waals surface area contributed by atoms with Gasteiger partial charge in [0.2, 0.25) is 0 Å². The number of aromatic hydroxyl groups is 1. The highest BCUT2D eigenvalue weighted by molar-refractivity contribution is 5.64. The fourth-order valence-corrected chi connectivity index (χ4v) is 1.91. The van der Waals surface area contributed by atoms with E-state index in [9.17, 15) is 5.11 Å². The van der Waals surface area contributed by atoms with Crippen molar-refractivity contribution in [2.75, 3.05) is 0 Å². The van der Waals surface area contributed by atoms with E-state index in [4.69, 9.17) is 5.73 Å². The Bertz CT molecular complexity index is 486. The van der Waals surface area contributed by atoms with Gasteiger partial charge in [-0.2, -0.15) is 0 Å². The summed E-state index contributed by atoms with van der Waals surface area (Å²) in [4.78, 5) is 0. The van der Waals surface area contributed by atoms with Crippen molar-refractivity contribution in [1.82, 2.24) is 0 Å². The molecule has 2 nitrogen and oxygen atoms in total. The highest BCUT2D eigenvalue weighted by Gasteiger charge is 2.00. The molecule has 0 aromatic heterocycles. The van der Waals surface area contributed by atoms with Gasteiger partial charge in [0.25, 0.3) is 0 Å². The first-order valence-corrected chi connectivity index (χ1v) is 6.29. The summed E-state index contributed by atoms with van der Waals surface area (Å²) < 4.78 is 0. The lowest BCUT2D eigenvalue weighted by Gasteiger charge is -2.06. The second-order valence-corrected chi connectivity index (χ2v) is 4.76. The van der Waals surface area contributed by atoms with Gasteiger partial charge in [0.05, 0.1) is 0 Å². The van der Waals surface area contributed by atoms with Gasteiger partial charge >= 0.3 is 0 Å². The van der Waals surface area contributed by atoms with Crippen LogP contribution in [0.1, 0.15) is 18.9 Å². The predicted molar refractivity (Wildman–Crippen MR) is 75.5 cm³/mol. The van der Waals surface area contributed by atoms with Crippen molar-refractivity contribution in [3.8, 4) is 16.9 Å². The van der Waals surface area contributed by atoms with E-state index in [2.05, 4.69) is 24.3 Å². The number of phenolic OH excluding ortho intramolecular Hbond substituents is 1. The lowest BCUT2D eigenvalue weighted by molar-refractivity contribution is 0.475. The minimum absolute atomic E-state index is 0.252. The van der Waals surface area contributed by atoms with Crippen LogP contribution in [0.4, 0.5) is 0 Å². The summed E-state index contributed by atoms with van der Waals surface area (Å²) in [6.45, 7) is 2.03. The first-order chi connectivity index (χ1) is 8.65. The van der Waals surface area contributed by atoms with Gasteiger partial charge in [-0.05, 0) is 48.6 Å². The maximum absolute atomic E-state index is 9.26. The van der Waals surface area contributed by atoms with Crippen LogP contribution in [-0.2, 0) is 6.42 Å². The maximum atomic E-state index is 9.26. The second kappa shape index (κ2) is 5.69. The standard InChI is InChI=1S/C16H19NO/c1-12(17)2-3-13-4-6-14(7-5-13)15-8-10-16(18)11-9-15/h4-12,18H,2-3,17H2,1H3. The summed E-state index contributed by atoms with van der Waals surface area (Å²) in [6.07, 6.45) is 2.03. The Balaban J connectivity index is 2.09. The van der Waals surface area contributed by atoms with Crippen molar-refractivity contribution in [3.63, 3.8) is 0 Å². The summed E-state index contributed by atoms with van der Waals surface area (Å²) in [5, 5.41) is 9.26. The molecule has 0 aliphatic carbocycles. The molecule has 1 atom stereocenters. The Morgan fingerprint density at radius 3 is 1.94 bits per heavy atom. The Morgan fingerprint density at radius 1 is 0.944 bits per heavy atom. The van der Waals surface area contributed by atoms with Gasteiger partial charge < -0.3 is 10.8 Å². The smallest absolute Gasteiger partial charge is 0.115 e. The molecule has 0 radical (unpaired) electrons. The minimum Gasteiger partial charge on any atom is -0.508 e. The topological polar surface area (TPSA) is 46.2 Å². The zero-order valence-corrected chi connectivity index (χ0v) is 10.6. The van der Waals surface area contributed by atoms with Gasteiger partial charge in [-0.3, -0.25) is 0 Å². The van der Waals surface area contributed by atoms with Crippen LogP contribution in [0.15, 0.2) is 48.5 Å². The first-order valence-electron chi connectivity index (χ1n) is 6.29. The lowest BCUT2D eigenvalue weighted by Crippen LogP contribution is -2.15. The summed E-state index contributed by atoms with van der Waals surface area (Å²) in [5.41, 5.74) is 9.35. The monoisotopic (exact) mass is 241 g/mol. The van der Waals surface area contributed by atoms with Crippen molar-refractivity contribution >= 4 is 0 Å². The molecule has 0 amide bonds. The van der Waals surface area contributed by atoms with E-state index in [0.717, 1.165) is 18.4 Å². The van der Waals surface area contributed by atoms with E-state index in [1.54, 1.807) is 12.1 Å². The fourth-order valence-electron chi connectivity index (χ4n) is 1.91. The molecule has 1 unspecified atom stereocenters. The minimum atomic E-state index is 0.252. The third kappa shape index (κ3) is 3.34. The molecular formula is C16H19NO. The molecule has 0 saturated carbocycles. The third-order valence-electron chi connectivity index (χ3n) is 3.04. The Labute approximate surface area is 108 Å². The Hall–Kier alpha value is -1.80. The molecule has 3 N–H and O–H groups in total. The molecule has 18 heavy (non-hydrogen) atoms. The van der Waals surface area contributed by atoms with Crippen LogP contribution >= 0.6 is 0 Å². The molecule has 0 spiro atoms. The maximum Gasteiger partial charge on any atom is 0.115 e. The highest BCUT2D eigenvalue weighted by atomic mass is 16.3. The number of benzene rings is 2. The molecule has 0 heterocycles. The van der Waals surface area contributed by atoms with Crippen LogP contribution < -0.4 is 5.73 Å². The van der Waals surface area contributed by atoms with Crippen molar-refractivity contribution in [3.05, 3.63) is 54.1 Å². The first kappa shape index (κ1) is 12.7. The van der Waals surface area contributed by atoms with Gasteiger partial charge in [-0.15, -0.1) is 0 Å². The SMILES string of the molecule is CC(N)CCc1ccc(-c2ccc(O)cc2)cc1. The zero-order valence-electron chi connectivity index (χ0n) is 10.6. The normalized spacial score (nSPS) is 12.3. The number of rotatable bonds is 4. The molecule has 2 aromatic carbocycles. The van der Waals surface area contributed by atoms with Crippen LogP contribution in [0.25, 0.3) is 11.1 Å². The van der Waals surface area contributed by atoms with Gasteiger partial charge in [0, 0.05) is 6.04 Å². The number of hydrogen-bond acceptors (Lipinski definition) is 2. The molecule has 0 saturated heterocycles. The molecular weight excluding hydrogens is 222 g/mol. The molecule has 2 heteroatoms. The van der Waals surface area contributed by atoms with Crippen LogP contribution in [0.2, 0.25) is 0 Å². The number of nitrogens with two attached hydrogens (primary N) is 1. The van der Waals surface area contributed by atoms with E-state index < -0.39 is 0 Å². The van der Waals surface area contributed by atoms with Crippen LogP contribution in [0.3, 0.4) is 0 Å². The van der Waals surface area contributed by atoms with Crippen LogP contribution in [0, 0.1) is 0 Å². The van der Waals surface area contributed by atoms with Crippen molar-refractivity contribution < 1.29 is 5.11 Å². The summed E-state index contributed by atoms with van der Waals surface area (Å²) >= 11 is 0. The van der Waals surface area contributed by atoms with E-state index in [1.807, 2.05) is 19.1 Å². The quantitative estimate of drug-likeness (QED) is 0.862. The molecule has 94 valence electrons.